The van der Waals surface area contributed by atoms with Gasteiger partial charge in [-0.15, -0.1) is 0 Å². The predicted octanol–water partition coefficient (Wildman–Crippen LogP) is 5.01. The Morgan fingerprint density at radius 2 is 1.73 bits per heavy atom. The van der Waals surface area contributed by atoms with Crippen molar-refractivity contribution in [2.75, 3.05) is 32.1 Å². The fourth-order valence-corrected chi connectivity index (χ4v) is 4.78. The van der Waals surface area contributed by atoms with Gasteiger partial charge in [0.25, 0.3) is 0 Å². The molecule has 2 aromatic carbocycles. The van der Waals surface area contributed by atoms with Crippen LogP contribution in [0, 0.1) is 17.6 Å². The molecule has 1 saturated heterocycles. The van der Waals surface area contributed by atoms with E-state index in [0.717, 1.165) is 67.5 Å². The topological polar surface area (TPSA) is 56.7 Å². The van der Waals surface area contributed by atoms with E-state index in [1.165, 1.54) is 0 Å². The first-order chi connectivity index (χ1) is 15.8. The lowest BCUT2D eigenvalue weighted by atomic mass is 9.96. The van der Waals surface area contributed by atoms with Crippen LogP contribution in [0.1, 0.15) is 36.0 Å². The molecular formula is C26H27F2N3O2. The second-order valence-corrected chi connectivity index (χ2v) is 9.32. The number of nitrogens with zero attached hydrogens (tertiary/aromatic N) is 3. The maximum absolute atomic E-state index is 14.0. The molecule has 2 fully saturated rings. The molecule has 0 spiro atoms. The summed E-state index contributed by atoms with van der Waals surface area (Å²) in [6.45, 7) is 1.97. The minimum absolute atomic E-state index is 0.0531. The van der Waals surface area contributed by atoms with Gasteiger partial charge in [0.15, 0.2) is 23.2 Å². The molecule has 7 heteroatoms. The minimum Gasteiger partial charge on any atom is -0.503 e. The number of ketones is 1. The van der Waals surface area contributed by atoms with Crippen molar-refractivity contribution >= 4 is 22.4 Å². The Morgan fingerprint density at radius 3 is 2.36 bits per heavy atom. The Morgan fingerprint density at radius 1 is 1.06 bits per heavy atom. The van der Waals surface area contributed by atoms with Crippen LogP contribution in [0.5, 0.6) is 5.75 Å². The molecule has 0 radical (unpaired) electrons. The van der Waals surface area contributed by atoms with Crippen molar-refractivity contribution in [3.63, 3.8) is 0 Å². The van der Waals surface area contributed by atoms with E-state index < -0.39 is 17.4 Å². The first-order valence-corrected chi connectivity index (χ1v) is 11.4. The molecule has 2 heterocycles. The Labute approximate surface area is 191 Å². The van der Waals surface area contributed by atoms with Crippen molar-refractivity contribution in [2.24, 2.45) is 5.92 Å². The maximum Gasteiger partial charge on any atom is 0.187 e. The van der Waals surface area contributed by atoms with Gasteiger partial charge in [0.05, 0.1) is 16.8 Å². The molecule has 1 saturated carbocycles. The van der Waals surface area contributed by atoms with Crippen LogP contribution in [0.4, 0.5) is 14.5 Å². The zero-order valence-electron chi connectivity index (χ0n) is 18.8. The highest BCUT2D eigenvalue weighted by Crippen LogP contribution is 2.40. The van der Waals surface area contributed by atoms with Gasteiger partial charge >= 0.3 is 0 Å². The quantitative estimate of drug-likeness (QED) is 0.553. The lowest BCUT2D eigenvalue weighted by molar-refractivity contribution is 0.0967. The Hall–Kier alpha value is -3.06. The number of benzene rings is 2. The molecule has 1 aliphatic carbocycles. The van der Waals surface area contributed by atoms with E-state index in [0.29, 0.717) is 16.7 Å². The number of carbonyl (C=O) groups excluding carboxylic acids is 1. The number of hydrogen-bond donors (Lipinski definition) is 1. The van der Waals surface area contributed by atoms with Crippen molar-refractivity contribution in [1.29, 1.82) is 0 Å². The van der Waals surface area contributed by atoms with E-state index in [2.05, 4.69) is 21.8 Å². The van der Waals surface area contributed by atoms with Crippen molar-refractivity contribution in [3.8, 4) is 16.9 Å². The number of likely N-dealkylation sites (tertiary alicyclic amines) is 1. The lowest BCUT2D eigenvalue weighted by Crippen LogP contribution is -2.42. The summed E-state index contributed by atoms with van der Waals surface area (Å²) in [6.07, 6.45) is 5.47. The van der Waals surface area contributed by atoms with Gasteiger partial charge in [0.2, 0.25) is 0 Å². The Kier molecular flexibility index (Phi) is 5.52. The molecule has 0 atom stereocenters. The molecule has 0 bridgehead atoms. The number of Topliss-reactive ketones (excluding diaryl/α,β-unsaturated/α-hetero) is 1. The number of aromatic nitrogens is 1. The summed E-state index contributed by atoms with van der Waals surface area (Å²) in [6, 6.07) is 7.93. The molecule has 33 heavy (non-hydrogen) atoms. The Balaban J connectivity index is 1.66. The van der Waals surface area contributed by atoms with E-state index in [4.69, 9.17) is 0 Å². The van der Waals surface area contributed by atoms with Gasteiger partial charge in [0, 0.05) is 30.6 Å². The number of piperidine rings is 1. The van der Waals surface area contributed by atoms with Gasteiger partial charge in [-0.25, -0.2) is 8.78 Å². The van der Waals surface area contributed by atoms with Crippen molar-refractivity contribution in [1.82, 2.24) is 9.88 Å². The van der Waals surface area contributed by atoms with Crippen molar-refractivity contribution < 1.29 is 18.7 Å². The second-order valence-electron chi connectivity index (χ2n) is 9.32. The zero-order chi connectivity index (χ0) is 23.3. The van der Waals surface area contributed by atoms with E-state index in [1.807, 2.05) is 19.2 Å². The highest BCUT2D eigenvalue weighted by molar-refractivity contribution is 6.10. The number of hydrogen-bond acceptors (Lipinski definition) is 5. The summed E-state index contributed by atoms with van der Waals surface area (Å²) in [7, 11) is 4.14. The molecule has 1 N–H and O–H groups in total. The summed E-state index contributed by atoms with van der Waals surface area (Å²) in [5.74, 6) is -2.83. The highest BCUT2D eigenvalue weighted by atomic mass is 19.1. The average molecular weight is 452 g/mol. The summed E-state index contributed by atoms with van der Waals surface area (Å²) in [4.78, 5) is 22.2. The third-order valence-corrected chi connectivity index (χ3v) is 6.99. The zero-order valence-corrected chi connectivity index (χ0v) is 18.8. The van der Waals surface area contributed by atoms with Crippen molar-refractivity contribution in [2.45, 2.75) is 31.7 Å². The fraction of sp³-hybridized carbons (Fsp3) is 0.385. The second kappa shape index (κ2) is 8.37. The molecule has 2 aliphatic rings. The smallest absolute Gasteiger partial charge is 0.187 e. The summed E-state index contributed by atoms with van der Waals surface area (Å²) in [5.41, 5.74) is 3.09. The van der Waals surface area contributed by atoms with Gasteiger partial charge in [-0.2, -0.15) is 0 Å². The van der Waals surface area contributed by atoms with Gasteiger partial charge < -0.3 is 14.9 Å². The Bertz CT molecular complexity index is 1210. The summed E-state index contributed by atoms with van der Waals surface area (Å²) >= 11 is 0. The average Bonchev–Trinajstić information content (AvgIpc) is 3.66. The number of carbonyl (C=O) groups is 1. The number of fused-ring (bicyclic) bond motifs is 1. The number of halogens is 2. The van der Waals surface area contributed by atoms with E-state index >= 15 is 0 Å². The molecule has 1 aromatic heterocycles. The monoisotopic (exact) mass is 451 g/mol. The van der Waals surface area contributed by atoms with Crippen LogP contribution >= 0.6 is 0 Å². The largest absolute Gasteiger partial charge is 0.503 e. The van der Waals surface area contributed by atoms with E-state index in [1.54, 1.807) is 12.3 Å². The first kappa shape index (κ1) is 21.8. The molecule has 1 aliphatic heterocycles. The van der Waals surface area contributed by atoms with E-state index in [-0.39, 0.29) is 17.7 Å². The normalized spacial score (nSPS) is 17.5. The molecule has 5 rings (SSSR count). The van der Waals surface area contributed by atoms with Crippen LogP contribution in [0.25, 0.3) is 22.0 Å². The third-order valence-electron chi connectivity index (χ3n) is 6.99. The van der Waals surface area contributed by atoms with Crippen molar-refractivity contribution in [3.05, 3.63) is 53.7 Å². The maximum atomic E-state index is 14.0. The molecule has 0 amide bonds. The fourth-order valence-electron chi connectivity index (χ4n) is 4.78. The van der Waals surface area contributed by atoms with Gasteiger partial charge in [-0.1, -0.05) is 6.07 Å². The SMILES string of the molecule is CN1CCC(N(C)c2c(C(=O)C3CC3)cnc3ccc(-c4cc(F)c(O)c(F)c4)cc23)CC1. The predicted molar refractivity (Wildman–Crippen MR) is 125 cm³/mol. The van der Waals surface area contributed by atoms with Crippen LogP contribution in [0.15, 0.2) is 36.5 Å². The number of phenolic OH excluding ortho intramolecular Hbond substituents is 1. The van der Waals surface area contributed by atoms with Gasteiger partial charge in [-0.05, 0) is 81.2 Å². The standard InChI is InChI=1S/C26H27F2N3O2/c1-30-9-7-18(8-10-30)31(2)24-19-11-16(17-12-21(27)26(33)22(28)13-17)5-6-23(19)29-14-20(24)25(32)15-3-4-15/h5-6,11-15,18,33H,3-4,7-10H2,1-2H3. The summed E-state index contributed by atoms with van der Waals surface area (Å²) in [5, 5.41) is 10.3. The molecule has 3 aromatic rings. The molecular weight excluding hydrogens is 424 g/mol. The summed E-state index contributed by atoms with van der Waals surface area (Å²) < 4.78 is 28.1. The van der Waals surface area contributed by atoms with Gasteiger partial charge in [-0.3, -0.25) is 9.78 Å². The van der Waals surface area contributed by atoms with Crippen LogP contribution in [-0.2, 0) is 0 Å². The van der Waals surface area contributed by atoms with Gasteiger partial charge in [0.1, 0.15) is 0 Å². The third kappa shape index (κ3) is 4.06. The number of aromatic hydroxyl groups is 1. The number of anilines is 1. The number of rotatable bonds is 5. The van der Waals surface area contributed by atoms with E-state index in [9.17, 15) is 18.7 Å². The van der Waals surface area contributed by atoms with Crippen LogP contribution in [-0.4, -0.2) is 54.0 Å². The number of phenols is 1. The van der Waals surface area contributed by atoms with Crippen LogP contribution in [0.2, 0.25) is 0 Å². The molecule has 172 valence electrons. The molecule has 5 nitrogen and oxygen atoms in total. The van der Waals surface area contributed by atoms with Crippen LogP contribution in [0.3, 0.4) is 0 Å². The lowest BCUT2D eigenvalue weighted by Gasteiger charge is -2.37. The molecule has 0 unspecified atom stereocenters. The number of pyridine rings is 1. The minimum atomic E-state index is -1.01. The van der Waals surface area contributed by atoms with Crippen LogP contribution < -0.4 is 4.90 Å². The highest BCUT2D eigenvalue weighted by Gasteiger charge is 2.34. The first-order valence-electron chi connectivity index (χ1n) is 11.4.